The smallest absolute Gasteiger partial charge is 0.307 e. The topological polar surface area (TPSA) is 37.3 Å². The molecule has 2 heteroatoms. The van der Waals surface area contributed by atoms with E-state index in [1.807, 2.05) is 0 Å². The Bertz CT molecular complexity index is 195. The minimum absolute atomic E-state index is 0.224. The predicted molar refractivity (Wildman–Crippen MR) is 64.0 cm³/mol. The highest BCUT2D eigenvalue weighted by Gasteiger charge is 2.03. The van der Waals surface area contributed by atoms with Gasteiger partial charge in [0.2, 0.25) is 0 Å². The van der Waals surface area contributed by atoms with Gasteiger partial charge >= 0.3 is 5.97 Å². The molecule has 0 aliphatic rings. The molecule has 0 saturated carbocycles. The molecule has 2 nitrogen and oxygen atoms in total. The van der Waals surface area contributed by atoms with E-state index in [4.69, 9.17) is 5.11 Å². The zero-order valence-corrected chi connectivity index (χ0v) is 10.1. The Morgan fingerprint density at radius 3 is 2.33 bits per heavy atom. The fraction of sp³-hybridized carbons (Fsp3) is 0.769. The summed E-state index contributed by atoms with van der Waals surface area (Å²) >= 11 is 0. The molecule has 0 unspecified atom stereocenters. The van der Waals surface area contributed by atoms with Crippen molar-refractivity contribution in [1.29, 1.82) is 0 Å². The first kappa shape index (κ1) is 14.2. The van der Waals surface area contributed by atoms with Gasteiger partial charge in [0.1, 0.15) is 0 Å². The van der Waals surface area contributed by atoms with E-state index < -0.39 is 5.97 Å². The van der Waals surface area contributed by atoms with Gasteiger partial charge < -0.3 is 5.11 Å². The number of allylic oxidation sites excluding steroid dienone is 1. The average molecular weight is 212 g/mol. The monoisotopic (exact) mass is 212 g/mol. The molecule has 0 aromatic carbocycles. The molecular weight excluding hydrogens is 188 g/mol. The summed E-state index contributed by atoms with van der Waals surface area (Å²) in [6.45, 7) is 4.26. The number of aliphatic carboxylic acids is 1. The van der Waals surface area contributed by atoms with Gasteiger partial charge in [0, 0.05) is 0 Å². The second kappa shape index (κ2) is 9.75. The lowest BCUT2D eigenvalue weighted by molar-refractivity contribution is -0.136. The first-order valence-electron chi connectivity index (χ1n) is 6.10. The van der Waals surface area contributed by atoms with Crippen molar-refractivity contribution < 1.29 is 9.90 Å². The molecule has 0 bridgehead atoms. The van der Waals surface area contributed by atoms with Crippen LogP contribution in [0, 0.1) is 0 Å². The first-order chi connectivity index (χ1) is 7.20. The number of hydrogen-bond donors (Lipinski definition) is 1. The summed E-state index contributed by atoms with van der Waals surface area (Å²) in [7, 11) is 0. The number of hydrogen-bond acceptors (Lipinski definition) is 1. The SMILES string of the molecule is CCC=C(CCCCCCC)CC(=O)O. The van der Waals surface area contributed by atoms with Gasteiger partial charge in [-0.2, -0.15) is 0 Å². The van der Waals surface area contributed by atoms with Crippen LogP contribution in [0.25, 0.3) is 0 Å². The van der Waals surface area contributed by atoms with Crippen LogP contribution in [0.1, 0.15) is 65.2 Å². The highest BCUT2D eigenvalue weighted by atomic mass is 16.4. The molecule has 1 N–H and O–H groups in total. The Hall–Kier alpha value is -0.790. The predicted octanol–water partition coefficient (Wildman–Crippen LogP) is 4.16. The van der Waals surface area contributed by atoms with E-state index in [9.17, 15) is 4.79 Å². The molecule has 0 aromatic heterocycles. The Morgan fingerprint density at radius 1 is 1.13 bits per heavy atom. The van der Waals surface area contributed by atoms with E-state index in [0.717, 1.165) is 24.8 Å². The molecule has 88 valence electrons. The fourth-order valence-corrected chi connectivity index (χ4v) is 1.70. The highest BCUT2D eigenvalue weighted by molar-refractivity contribution is 5.69. The molecule has 0 aromatic rings. The van der Waals surface area contributed by atoms with Crippen molar-refractivity contribution in [3.8, 4) is 0 Å². The van der Waals surface area contributed by atoms with Crippen LogP contribution in [0.2, 0.25) is 0 Å². The normalized spacial score (nSPS) is 11.7. The van der Waals surface area contributed by atoms with Gasteiger partial charge in [-0.3, -0.25) is 4.79 Å². The van der Waals surface area contributed by atoms with Gasteiger partial charge in [-0.25, -0.2) is 0 Å². The Kier molecular flexibility index (Phi) is 9.24. The summed E-state index contributed by atoms with van der Waals surface area (Å²) in [6.07, 6.45) is 10.4. The van der Waals surface area contributed by atoms with Crippen molar-refractivity contribution in [3.63, 3.8) is 0 Å². The summed E-state index contributed by atoms with van der Waals surface area (Å²) in [5.41, 5.74) is 1.10. The van der Waals surface area contributed by atoms with Gasteiger partial charge in [-0.05, 0) is 19.3 Å². The molecule has 0 radical (unpaired) electrons. The zero-order valence-electron chi connectivity index (χ0n) is 10.1. The van der Waals surface area contributed by atoms with Crippen LogP contribution in [-0.4, -0.2) is 11.1 Å². The summed E-state index contributed by atoms with van der Waals surface area (Å²) in [6, 6.07) is 0. The fourth-order valence-electron chi connectivity index (χ4n) is 1.70. The third kappa shape index (κ3) is 9.51. The Balaban J connectivity index is 3.67. The molecule has 0 saturated heterocycles. The molecule has 0 atom stereocenters. The van der Waals surface area contributed by atoms with Crippen molar-refractivity contribution in [2.45, 2.75) is 65.2 Å². The van der Waals surface area contributed by atoms with E-state index in [0.29, 0.717) is 0 Å². The second-order valence-electron chi connectivity index (χ2n) is 4.01. The van der Waals surface area contributed by atoms with Crippen LogP contribution < -0.4 is 0 Å². The molecular formula is C13H24O2. The molecule has 0 amide bonds. The first-order valence-corrected chi connectivity index (χ1v) is 6.10. The molecule has 0 rings (SSSR count). The Morgan fingerprint density at radius 2 is 1.80 bits per heavy atom. The molecule has 0 spiro atoms. The zero-order chi connectivity index (χ0) is 11.5. The van der Waals surface area contributed by atoms with Crippen LogP contribution in [-0.2, 0) is 4.79 Å². The number of carbonyl (C=O) groups is 1. The second-order valence-corrected chi connectivity index (χ2v) is 4.01. The van der Waals surface area contributed by atoms with Crippen LogP contribution in [0.4, 0.5) is 0 Å². The van der Waals surface area contributed by atoms with E-state index in [1.165, 1.54) is 25.7 Å². The molecule has 0 heterocycles. The summed E-state index contributed by atoms with van der Waals surface area (Å²) in [4.78, 5) is 10.6. The van der Waals surface area contributed by atoms with Crippen LogP contribution in [0.5, 0.6) is 0 Å². The Labute approximate surface area is 93.4 Å². The van der Waals surface area contributed by atoms with Gasteiger partial charge in [-0.15, -0.1) is 0 Å². The minimum Gasteiger partial charge on any atom is -0.481 e. The number of unbranched alkanes of at least 4 members (excludes halogenated alkanes) is 4. The number of rotatable bonds is 9. The number of carboxylic acid groups (broad SMARTS) is 1. The quantitative estimate of drug-likeness (QED) is 0.460. The van der Waals surface area contributed by atoms with E-state index >= 15 is 0 Å². The maximum absolute atomic E-state index is 10.6. The van der Waals surface area contributed by atoms with Gasteiger partial charge in [-0.1, -0.05) is 51.2 Å². The van der Waals surface area contributed by atoms with Crippen molar-refractivity contribution in [1.82, 2.24) is 0 Å². The summed E-state index contributed by atoms with van der Waals surface area (Å²) in [5.74, 6) is -0.705. The van der Waals surface area contributed by atoms with Crippen molar-refractivity contribution in [2.24, 2.45) is 0 Å². The van der Waals surface area contributed by atoms with Gasteiger partial charge in [0.15, 0.2) is 0 Å². The van der Waals surface area contributed by atoms with E-state index in [-0.39, 0.29) is 6.42 Å². The standard InChI is InChI=1S/C13H24O2/c1-3-5-6-7-8-10-12(9-4-2)11-13(14)15/h9H,3-8,10-11H2,1-2H3,(H,14,15). The lowest BCUT2D eigenvalue weighted by Crippen LogP contribution is -1.97. The summed E-state index contributed by atoms with van der Waals surface area (Å²) < 4.78 is 0. The van der Waals surface area contributed by atoms with E-state index in [2.05, 4.69) is 19.9 Å². The molecule has 0 aliphatic heterocycles. The lowest BCUT2D eigenvalue weighted by atomic mass is 10.0. The third-order valence-electron chi connectivity index (χ3n) is 2.47. The van der Waals surface area contributed by atoms with Crippen LogP contribution >= 0.6 is 0 Å². The summed E-state index contributed by atoms with van der Waals surface area (Å²) in [5, 5.41) is 8.71. The molecule has 15 heavy (non-hydrogen) atoms. The maximum Gasteiger partial charge on any atom is 0.307 e. The largest absolute Gasteiger partial charge is 0.481 e. The van der Waals surface area contributed by atoms with Crippen molar-refractivity contribution >= 4 is 5.97 Å². The lowest BCUT2D eigenvalue weighted by Gasteiger charge is -2.04. The average Bonchev–Trinajstić information content (AvgIpc) is 2.17. The maximum atomic E-state index is 10.6. The number of carboxylic acids is 1. The minimum atomic E-state index is -0.705. The van der Waals surface area contributed by atoms with Crippen molar-refractivity contribution in [2.75, 3.05) is 0 Å². The van der Waals surface area contributed by atoms with Gasteiger partial charge in [0.25, 0.3) is 0 Å². The van der Waals surface area contributed by atoms with E-state index in [1.54, 1.807) is 0 Å². The third-order valence-corrected chi connectivity index (χ3v) is 2.47. The molecule has 0 aliphatic carbocycles. The van der Waals surface area contributed by atoms with Crippen LogP contribution in [0.3, 0.4) is 0 Å². The van der Waals surface area contributed by atoms with Crippen molar-refractivity contribution in [3.05, 3.63) is 11.6 Å². The highest BCUT2D eigenvalue weighted by Crippen LogP contribution is 2.14. The van der Waals surface area contributed by atoms with Gasteiger partial charge in [0.05, 0.1) is 6.42 Å². The van der Waals surface area contributed by atoms with Crippen LogP contribution in [0.15, 0.2) is 11.6 Å². The molecule has 0 fully saturated rings.